The Labute approximate surface area is 265 Å². The first kappa shape index (κ1) is 30.1. The number of benzene rings is 2. The van der Waals surface area contributed by atoms with E-state index in [1.165, 1.54) is 55.7 Å². The van der Waals surface area contributed by atoms with Crippen molar-refractivity contribution in [2.24, 2.45) is 5.41 Å². The van der Waals surface area contributed by atoms with Crippen LogP contribution in [0.4, 0.5) is 5.95 Å². The highest BCUT2D eigenvalue weighted by molar-refractivity contribution is 7.92. The molecule has 1 spiro atoms. The average molecular weight is 632 g/mol. The van der Waals surface area contributed by atoms with Gasteiger partial charge in [-0.05, 0) is 80.7 Å². The smallest absolute Gasteiger partial charge is 0.277 e. The SMILES string of the molecule is CCCON1C(=O)c2cccc(c2)S(=O)(=O)Nc2nc(cc(-c3c(C)cccc3C)n2)O[C@@H]2CN(C3CC4(CCCC4)C3)C[C@H]21. The van der Waals surface area contributed by atoms with Crippen molar-refractivity contribution in [3.8, 4) is 17.1 Å². The molecule has 238 valence electrons. The fourth-order valence-electron chi connectivity index (χ4n) is 7.79. The molecule has 0 radical (unpaired) electrons. The molecule has 0 unspecified atom stereocenters. The van der Waals surface area contributed by atoms with Gasteiger partial charge in [0.1, 0.15) is 12.1 Å². The first-order chi connectivity index (χ1) is 21.6. The number of ether oxygens (including phenoxy) is 1. The van der Waals surface area contributed by atoms with Gasteiger partial charge >= 0.3 is 0 Å². The van der Waals surface area contributed by atoms with Gasteiger partial charge in [0.25, 0.3) is 15.9 Å². The average Bonchev–Trinajstić information content (AvgIpc) is 3.64. The number of aryl methyl sites for hydroxylation is 2. The molecule has 3 heterocycles. The molecule has 10 nitrogen and oxygen atoms in total. The largest absolute Gasteiger partial charge is 0.470 e. The van der Waals surface area contributed by atoms with Crippen molar-refractivity contribution in [1.82, 2.24) is 19.9 Å². The predicted molar refractivity (Wildman–Crippen MR) is 170 cm³/mol. The van der Waals surface area contributed by atoms with Gasteiger partial charge in [0.05, 0.1) is 17.2 Å². The Morgan fingerprint density at radius 2 is 1.76 bits per heavy atom. The van der Waals surface area contributed by atoms with E-state index in [-0.39, 0.29) is 22.3 Å². The van der Waals surface area contributed by atoms with Gasteiger partial charge in [-0.1, -0.05) is 44.0 Å². The molecular weight excluding hydrogens is 590 g/mol. The van der Waals surface area contributed by atoms with Gasteiger partial charge < -0.3 is 4.74 Å². The maximum absolute atomic E-state index is 14.1. The summed E-state index contributed by atoms with van der Waals surface area (Å²) in [5.74, 6) is -0.240. The number of nitrogens with zero attached hydrogens (tertiary/aromatic N) is 4. The van der Waals surface area contributed by atoms with Crippen molar-refractivity contribution in [1.29, 1.82) is 0 Å². The van der Waals surface area contributed by atoms with Crippen LogP contribution in [0.3, 0.4) is 0 Å². The Balaban J connectivity index is 1.33. The van der Waals surface area contributed by atoms with E-state index in [1.807, 2.05) is 39.0 Å². The number of sulfonamides is 1. The number of rotatable bonds is 5. The number of aromatic nitrogens is 2. The summed E-state index contributed by atoms with van der Waals surface area (Å²) in [6.45, 7) is 7.53. The van der Waals surface area contributed by atoms with Crippen molar-refractivity contribution < 1.29 is 22.8 Å². The van der Waals surface area contributed by atoms with Crippen LogP contribution in [0.5, 0.6) is 5.88 Å². The summed E-state index contributed by atoms with van der Waals surface area (Å²) >= 11 is 0. The number of fused-ring (bicyclic) bond motifs is 5. The minimum absolute atomic E-state index is 0.0625. The van der Waals surface area contributed by atoms with Gasteiger partial charge in [-0.2, -0.15) is 4.98 Å². The third-order valence-corrected chi connectivity index (χ3v) is 11.4. The Morgan fingerprint density at radius 3 is 2.49 bits per heavy atom. The fourth-order valence-corrected chi connectivity index (χ4v) is 8.77. The van der Waals surface area contributed by atoms with Gasteiger partial charge in [0, 0.05) is 36.3 Å². The number of carbonyl (C=O) groups is 1. The van der Waals surface area contributed by atoms with Crippen LogP contribution in [0.25, 0.3) is 11.3 Å². The molecule has 1 N–H and O–H groups in total. The molecule has 2 saturated carbocycles. The lowest BCUT2D eigenvalue weighted by Crippen LogP contribution is -2.51. The maximum Gasteiger partial charge on any atom is 0.277 e. The topological polar surface area (TPSA) is 114 Å². The van der Waals surface area contributed by atoms with Gasteiger partial charge in [-0.3, -0.25) is 14.5 Å². The molecule has 45 heavy (non-hydrogen) atoms. The van der Waals surface area contributed by atoms with Gasteiger partial charge in [0.2, 0.25) is 11.8 Å². The fraction of sp³-hybridized carbons (Fsp3) is 0.500. The Morgan fingerprint density at radius 1 is 1.02 bits per heavy atom. The quantitative estimate of drug-likeness (QED) is 0.392. The first-order valence-electron chi connectivity index (χ1n) is 16.1. The van der Waals surface area contributed by atoms with E-state index in [2.05, 4.69) is 19.6 Å². The molecule has 1 aromatic heterocycles. The molecule has 2 aliphatic carbocycles. The zero-order valence-corrected chi connectivity index (χ0v) is 27.0. The van der Waals surface area contributed by atoms with Crippen LogP contribution in [0, 0.1) is 19.3 Å². The van der Waals surface area contributed by atoms with E-state index in [4.69, 9.17) is 9.57 Å². The Hall–Kier alpha value is -3.54. The van der Waals surface area contributed by atoms with Gasteiger partial charge in [-0.15, -0.1) is 0 Å². The third kappa shape index (κ3) is 5.70. The monoisotopic (exact) mass is 631 g/mol. The molecule has 11 heteroatoms. The highest BCUT2D eigenvalue weighted by Crippen LogP contribution is 2.55. The number of hydroxylamine groups is 2. The van der Waals surface area contributed by atoms with Crippen molar-refractivity contribution in [2.45, 2.75) is 88.8 Å². The normalized spacial score (nSPS) is 24.2. The van der Waals surface area contributed by atoms with E-state index < -0.39 is 28.1 Å². The molecule has 7 rings (SSSR count). The molecule has 3 fully saturated rings. The molecular formula is C34H41N5O5S. The van der Waals surface area contributed by atoms with Crippen LogP contribution in [0.2, 0.25) is 0 Å². The molecule has 2 aromatic carbocycles. The summed E-state index contributed by atoms with van der Waals surface area (Å²) in [5, 5.41) is 1.43. The summed E-state index contributed by atoms with van der Waals surface area (Å²) in [4.78, 5) is 31.9. The number of likely N-dealkylation sites (tertiary alicyclic amines) is 1. The van der Waals surface area contributed by atoms with E-state index in [1.54, 1.807) is 18.2 Å². The summed E-state index contributed by atoms with van der Waals surface area (Å²) in [7, 11) is -4.13. The number of amides is 1. The van der Waals surface area contributed by atoms with Crippen LogP contribution in [0.1, 0.15) is 73.4 Å². The second-order valence-corrected chi connectivity index (χ2v) is 14.9. The third-order valence-electron chi connectivity index (χ3n) is 10.0. The maximum atomic E-state index is 14.1. The summed E-state index contributed by atoms with van der Waals surface area (Å²) in [6.07, 6.45) is 7.85. The highest BCUT2D eigenvalue weighted by atomic mass is 32.2. The molecule has 3 aromatic rings. The van der Waals surface area contributed by atoms with Crippen molar-refractivity contribution >= 4 is 21.9 Å². The van der Waals surface area contributed by atoms with Gasteiger partial charge in [-0.25, -0.2) is 23.2 Å². The van der Waals surface area contributed by atoms with Crippen molar-refractivity contribution in [2.75, 3.05) is 24.4 Å². The predicted octanol–water partition coefficient (Wildman–Crippen LogP) is 5.51. The van der Waals surface area contributed by atoms with Crippen molar-refractivity contribution in [3.63, 3.8) is 0 Å². The number of hydrogen-bond acceptors (Lipinski definition) is 8. The minimum atomic E-state index is -4.13. The number of anilines is 1. The molecule has 4 aliphatic rings. The first-order valence-corrected chi connectivity index (χ1v) is 17.6. The second kappa shape index (κ2) is 11.7. The zero-order valence-electron chi connectivity index (χ0n) is 26.2. The van der Waals surface area contributed by atoms with Gasteiger partial charge in [0.15, 0.2) is 0 Å². The second-order valence-electron chi connectivity index (χ2n) is 13.2. The lowest BCUT2D eigenvalue weighted by Gasteiger charge is -2.49. The molecule has 2 aliphatic heterocycles. The van der Waals surface area contributed by atoms with E-state index >= 15 is 0 Å². The number of carbonyl (C=O) groups excluding carboxylic acids is 1. The summed E-state index contributed by atoms with van der Waals surface area (Å²) < 4.78 is 36.4. The van der Waals surface area contributed by atoms with Crippen LogP contribution in [0.15, 0.2) is 53.4 Å². The molecule has 1 saturated heterocycles. The minimum Gasteiger partial charge on any atom is -0.470 e. The van der Waals surface area contributed by atoms with E-state index in [9.17, 15) is 13.2 Å². The van der Waals surface area contributed by atoms with E-state index in [0.29, 0.717) is 43.3 Å². The Bertz CT molecular complexity index is 1700. The van der Waals surface area contributed by atoms with Crippen LogP contribution in [-0.2, 0) is 14.9 Å². The van der Waals surface area contributed by atoms with Crippen LogP contribution >= 0.6 is 0 Å². The van der Waals surface area contributed by atoms with Crippen molar-refractivity contribution in [3.05, 3.63) is 65.2 Å². The van der Waals surface area contributed by atoms with E-state index in [0.717, 1.165) is 16.7 Å². The molecule has 4 bridgehead atoms. The lowest BCUT2D eigenvalue weighted by atomic mass is 9.64. The van der Waals surface area contributed by atoms with Crippen LogP contribution < -0.4 is 9.46 Å². The summed E-state index contributed by atoms with van der Waals surface area (Å²) in [5.41, 5.74) is 4.15. The Kier molecular flexibility index (Phi) is 7.82. The number of nitrogens with one attached hydrogen (secondary N) is 1. The number of hydrogen-bond donors (Lipinski definition) is 1. The molecule has 2 atom stereocenters. The van der Waals surface area contributed by atoms with Crippen LogP contribution in [-0.4, -0.2) is 72.1 Å². The molecule has 1 amide bonds. The standard InChI is InChI=1S/C34H41N5O5S/c1-4-15-43-39-28-20-38(25-18-34(19-25)13-5-6-14-34)21-29(28)44-30-17-27(31-22(2)9-7-10-23(31)3)35-33(36-30)37-45(41,42)26-12-8-11-24(16-26)32(39)40/h7-12,16-17,25,28-29H,4-6,13-15,18-21H2,1-3H3,(H,35,36,37)/t28-,29-/m1/s1. The summed E-state index contributed by atoms with van der Waals surface area (Å²) in [6, 6.07) is 13.8. The zero-order chi connectivity index (χ0) is 31.3. The highest BCUT2D eigenvalue weighted by Gasteiger charge is 2.52. The lowest BCUT2D eigenvalue weighted by molar-refractivity contribution is -0.159.